The van der Waals surface area contributed by atoms with Crippen LogP contribution in [-0.4, -0.2) is 49.0 Å². The Kier molecular flexibility index (Phi) is 8.88. The van der Waals surface area contributed by atoms with E-state index < -0.39 is 0 Å². The fourth-order valence-electron chi connectivity index (χ4n) is 5.21. The summed E-state index contributed by atoms with van der Waals surface area (Å²) >= 11 is 12.2. The number of fused-ring (bicyclic) bond motifs is 1. The maximum atomic E-state index is 13.4. The number of likely N-dealkylation sites (N-methyl/N-ethyl adjacent to an activating group) is 1. The van der Waals surface area contributed by atoms with Gasteiger partial charge in [-0.2, -0.15) is 0 Å². The minimum atomic E-state index is 0. The van der Waals surface area contributed by atoms with Crippen LogP contribution in [0.3, 0.4) is 0 Å². The molecule has 2 aliphatic rings. The molecule has 4 rings (SSSR count). The zero-order chi connectivity index (χ0) is 22.0. The van der Waals surface area contributed by atoms with Crippen molar-refractivity contribution < 1.29 is 9.53 Å². The summed E-state index contributed by atoms with van der Waals surface area (Å²) in [6.45, 7) is 2.83. The van der Waals surface area contributed by atoms with Gasteiger partial charge in [-0.25, -0.2) is 0 Å². The Labute approximate surface area is 207 Å². The average molecular weight is 498 g/mol. The summed E-state index contributed by atoms with van der Waals surface area (Å²) < 4.78 is 5.45. The monoisotopic (exact) mass is 496 g/mol. The fraction of sp³-hybridized carbons (Fsp3) is 0.480. The lowest BCUT2D eigenvalue weighted by molar-refractivity contribution is -0.133. The minimum absolute atomic E-state index is 0. The zero-order valence-corrected chi connectivity index (χ0v) is 21.0. The Balaban J connectivity index is 0.00000289. The van der Waals surface area contributed by atoms with Crippen LogP contribution >= 0.6 is 35.6 Å². The second-order valence-corrected chi connectivity index (χ2v) is 9.46. The van der Waals surface area contributed by atoms with Gasteiger partial charge < -0.3 is 9.64 Å². The highest BCUT2D eigenvalue weighted by Crippen LogP contribution is 2.39. The summed E-state index contributed by atoms with van der Waals surface area (Å²) in [4.78, 5) is 17.9. The van der Waals surface area contributed by atoms with Crippen LogP contribution in [0.15, 0.2) is 36.4 Å². The van der Waals surface area contributed by atoms with Gasteiger partial charge >= 0.3 is 0 Å². The second-order valence-electron chi connectivity index (χ2n) is 8.64. The van der Waals surface area contributed by atoms with Crippen LogP contribution in [0.25, 0.3) is 0 Å². The van der Waals surface area contributed by atoms with Crippen molar-refractivity contribution in [2.75, 3.05) is 27.2 Å². The highest BCUT2D eigenvalue weighted by molar-refractivity contribution is 6.42. The maximum Gasteiger partial charge on any atom is 0.227 e. The molecule has 7 heteroatoms. The number of ether oxygens (including phenoxy) is 1. The largest absolute Gasteiger partial charge is 0.380 e. The van der Waals surface area contributed by atoms with E-state index in [1.807, 2.05) is 18.0 Å². The first-order valence-corrected chi connectivity index (χ1v) is 11.8. The van der Waals surface area contributed by atoms with Crippen LogP contribution < -0.4 is 0 Å². The van der Waals surface area contributed by atoms with E-state index in [1.165, 1.54) is 29.5 Å². The van der Waals surface area contributed by atoms with Crippen molar-refractivity contribution in [1.82, 2.24) is 9.80 Å². The minimum Gasteiger partial charge on any atom is -0.380 e. The number of carbonyl (C=O) groups is 1. The molecule has 4 nitrogen and oxygen atoms in total. The molecule has 1 amide bonds. The van der Waals surface area contributed by atoms with Gasteiger partial charge in [0, 0.05) is 20.2 Å². The fourth-order valence-corrected chi connectivity index (χ4v) is 5.53. The van der Waals surface area contributed by atoms with Gasteiger partial charge in [0.2, 0.25) is 5.91 Å². The summed E-state index contributed by atoms with van der Waals surface area (Å²) in [5, 5.41) is 0.990. The number of methoxy groups -OCH3 is 1. The molecule has 1 heterocycles. The molecule has 0 radical (unpaired) electrons. The topological polar surface area (TPSA) is 32.8 Å². The van der Waals surface area contributed by atoms with Crippen LogP contribution in [0.5, 0.6) is 0 Å². The molecule has 0 aromatic heterocycles. The lowest BCUT2D eigenvalue weighted by Crippen LogP contribution is -2.48. The van der Waals surface area contributed by atoms with Gasteiger partial charge in [-0.05, 0) is 73.2 Å². The van der Waals surface area contributed by atoms with E-state index in [-0.39, 0.29) is 24.4 Å². The van der Waals surface area contributed by atoms with Crippen molar-refractivity contribution in [3.05, 3.63) is 68.7 Å². The Morgan fingerprint density at radius 2 is 1.91 bits per heavy atom. The first kappa shape index (κ1) is 25.3. The molecule has 0 spiro atoms. The quantitative estimate of drug-likeness (QED) is 0.512. The van der Waals surface area contributed by atoms with Gasteiger partial charge in [-0.15, -0.1) is 12.4 Å². The normalized spacial score (nSPS) is 20.5. The van der Waals surface area contributed by atoms with Crippen molar-refractivity contribution in [3.63, 3.8) is 0 Å². The lowest BCUT2D eigenvalue weighted by Gasteiger charge is -2.44. The van der Waals surface area contributed by atoms with Crippen molar-refractivity contribution in [2.45, 2.75) is 50.8 Å². The number of likely N-dealkylation sites (tertiary alicyclic amines) is 1. The van der Waals surface area contributed by atoms with Gasteiger partial charge in [0.25, 0.3) is 0 Å². The van der Waals surface area contributed by atoms with E-state index in [0.717, 1.165) is 31.5 Å². The summed E-state index contributed by atoms with van der Waals surface area (Å²) in [7, 11) is 3.69. The van der Waals surface area contributed by atoms with E-state index in [9.17, 15) is 4.79 Å². The zero-order valence-electron chi connectivity index (χ0n) is 18.7. The summed E-state index contributed by atoms with van der Waals surface area (Å²) in [6, 6.07) is 12.3. The molecule has 1 saturated heterocycles. The smallest absolute Gasteiger partial charge is 0.227 e. The predicted molar refractivity (Wildman–Crippen MR) is 133 cm³/mol. The predicted octanol–water partition coefficient (Wildman–Crippen LogP) is 5.71. The number of hydrogen-bond donors (Lipinski definition) is 0. The lowest BCUT2D eigenvalue weighted by atomic mass is 9.80. The van der Waals surface area contributed by atoms with Crippen LogP contribution in [0.2, 0.25) is 10.0 Å². The molecule has 1 aliphatic carbocycles. The van der Waals surface area contributed by atoms with Crippen molar-refractivity contribution >= 4 is 41.5 Å². The number of carbonyl (C=O) groups excluding carboxylic acids is 1. The van der Waals surface area contributed by atoms with Gasteiger partial charge in [-0.1, -0.05) is 47.5 Å². The van der Waals surface area contributed by atoms with Crippen molar-refractivity contribution in [2.24, 2.45) is 0 Å². The van der Waals surface area contributed by atoms with Gasteiger partial charge in [0.1, 0.15) is 0 Å². The molecule has 0 N–H and O–H groups in total. The highest BCUT2D eigenvalue weighted by Gasteiger charge is 2.39. The van der Waals surface area contributed by atoms with Crippen LogP contribution in [0, 0.1) is 0 Å². The Hall–Kier alpha value is -1.30. The number of rotatable bonds is 6. The molecule has 1 aliphatic heterocycles. The molecule has 2 atom stereocenters. The highest BCUT2D eigenvalue weighted by atomic mass is 35.5. The van der Waals surface area contributed by atoms with E-state index in [0.29, 0.717) is 29.1 Å². The Morgan fingerprint density at radius 3 is 2.59 bits per heavy atom. The third-order valence-corrected chi connectivity index (χ3v) is 7.48. The molecule has 2 aromatic carbocycles. The van der Waals surface area contributed by atoms with Gasteiger partial charge in [0.05, 0.1) is 29.1 Å². The third kappa shape index (κ3) is 5.26. The molecule has 0 unspecified atom stereocenters. The van der Waals surface area contributed by atoms with Gasteiger partial charge in [-0.3, -0.25) is 9.69 Å². The number of amides is 1. The van der Waals surface area contributed by atoms with Crippen molar-refractivity contribution in [3.8, 4) is 0 Å². The first-order valence-electron chi connectivity index (χ1n) is 11.0. The number of halogens is 3. The molecular formula is C25H31Cl3N2O2. The van der Waals surface area contributed by atoms with Crippen molar-refractivity contribution in [1.29, 1.82) is 0 Å². The molecule has 1 fully saturated rings. The second kappa shape index (κ2) is 11.2. The van der Waals surface area contributed by atoms with Gasteiger partial charge in [0.15, 0.2) is 0 Å². The van der Waals surface area contributed by atoms with E-state index in [4.69, 9.17) is 27.9 Å². The van der Waals surface area contributed by atoms with Crippen LogP contribution in [-0.2, 0) is 29.0 Å². The van der Waals surface area contributed by atoms with E-state index >= 15 is 0 Å². The third-order valence-electron chi connectivity index (χ3n) is 6.74. The summed E-state index contributed by atoms with van der Waals surface area (Å²) in [6.07, 6.45) is 4.87. The maximum absolute atomic E-state index is 13.4. The number of nitrogens with zero attached hydrogens (tertiary/aromatic N) is 2. The Morgan fingerprint density at radius 1 is 1.16 bits per heavy atom. The number of benzene rings is 2. The summed E-state index contributed by atoms with van der Waals surface area (Å²) in [5.41, 5.74) is 4.73. The van der Waals surface area contributed by atoms with Crippen LogP contribution in [0.1, 0.15) is 47.6 Å². The molecule has 0 bridgehead atoms. The average Bonchev–Trinajstić information content (AvgIpc) is 3.30. The first-order chi connectivity index (χ1) is 15.0. The Bertz CT molecular complexity index is 947. The molecule has 0 saturated carbocycles. The molecule has 32 heavy (non-hydrogen) atoms. The summed E-state index contributed by atoms with van der Waals surface area (Å²) in [5.74, 6) is 0.0950. The van der Waals surface area contributed by atoms with Crippen LogP contribution in [0.4, 0.5) is 0 Å². The van der Waals surface area contributed by atoms with E-state index in [2.05, 4.69) is 23.1 Å². The SMILES string of the molecule is COCc1cccc2c1CC[C@H](N1CCCC1)[C@H]2N(C)C(=O)Cc1ccc(Cl)c(Cl)c1.Cl. The number of hydrogen-bond acceptors (Lipinski definition) is 3. The molecular weight excluding hydrogens is 467 g/mol. The molecule has 2 aromatic rings. The van der Waals surface area contributed by atoms with E-state index in [1.54, 1.807) is 19.2 Å². The molecule has 174 valence electrons. The standard InChI is InChI=1S/C25H30Cl2N2O2.ClH/c1-28(24(30)15-17-8-10-21(26)22(27)14-17)25-20-7-5-6-18(16-31-2)19(20)9-11-23(25)29-12-3-4-13-29;/h5-8,10,14,23,25H,3-4,9,11-13,15-16H2,1-2H3;1H/t23-,25-;/m0./s1.